The number of rotatable bonds is 5. The van der Waals surface area contributed by atoms with Crippen molar-refractivity contribution in [3.63, 3.8) is 0 Å². The monoisotopic (exact) mass is 328 g/mol. The van der Waals surface area contributed by atoms with E-state index in [9.17, 15) is 13.2 Å². The van der Waals surface area contributed by atoms with Crippen LogP contribution in [0.1, 0.15) is 17.7 Å². The average molecular weight is 328 g/mol. The predicted octanol–water partition coefficient (Wildman–Crippen LogP) is 1.55. The van der Waals surface area contributed by atoms with Gasteiger partial charge in [-0.1, -0.05) is 6.07 Å². The molecule has 1 aromatic heterocycles. The third-order valence-corrected chi connectivity index (χ3v) is 5.69. The number of amides is 1. The van der Waals surface area contributed by atoms with E-state index < -0.39 is 10.0 Å². The van der Waals surface area contributed by atoms with Crippen LogP contribution >= 0.6 is 11.3 Å². The minimum absolute atomic E-state index is 0.103. The summed E-state index contributed by atoms with van der Waals surface area (Å²) in [6.45, 7) is 1.69. The molecule has 2 heterocycles. The van der Waals surface area contributed by atoms with Crippen molar-refractivity contribution in [2.45, 2.75) is 12.8 Å². The maximum atomic E-state index is 11.7. The number of thiophene rings is 1. The van der Waals surface area contributed by atoms with E-state index in [1.807, 2.05) is 17.5 Å². The summed E-state index contributed by atoms with van der Waals surface area (Å²) in [6.07, 6.45) is 6.16. The van der Waals surface area contributed by atoms with Gasteiger partial charge in [0, 0.05) is 30.6 Å². The van der Waals surface area contributed by atoms with Crippen molar-refractivity contribution in [1.29, 1.82) is 0 Å². The van der Waals surface area contributed by atoms with Crippen LogP contribution in [0.2, 0.25) is 0 Å². The Morgan fingerprint density at radius 2 is 2.19 bits per heavy atom. The second kappa shape index (κ2) is 7.20. The number of carbonyl (C=O) groups is 1. The molecule has 0 atom stereocenters. The van der Waals surface area contributed by atoms with Crippen LogP contribution < -0.4 is 5.32 Å². The highest BCUT2D eigenvalue weighted by Crippen LogP contribution is 2.18. The first kappa shape index (κ1) is 16.2. The highest BCUT2D eigenvalue weighted by Gasteiger charge is 2.24. The van der Waals surface area contributed by atoms with Crippen LogP contribution in [0.5, 0.6) is 0 Å². The minimum Gasteiger partial charge on any atom is -0.352 e. The molecule has 1 aliphatic heterocycles. The van der Waals surface area contributed by atoms with Gasteiger partial charge in [0.25, 0.3) is 0 Å². The summed E-state index contributed by atoms with van der Waals surface area (Å²) in [7, 11) is -3.08. The van der Waals surface area contributed by atoms with Crippen molar-refractivity contribution < 1.29 is 13.2 Å². The van der Waals surface area contributed by atoms with E-state index in [0.717, 1.165) is 17.7 Å². The molecule has 1 N–H and O–H groups in total. The lowest BCUT2D eigenvalue weighted by atomic mass is 9.98. The zero-order chi connectivity index (χ0) is 15.3. The first-order valence-corrected chi connectivity index (χ1v) is 9.62. The number of nitrogens with zero attached hydrogens (tertiary/aromatic N) is 1. The quantitative estimate of drug-likeness (QED) is 0.834. The molecule has 116 valence electrons. The standard InChI is InChI=1S/C14H20N2O3S2/c1-21(18,19)16-8-6-12(7-9-16)11-15-14(17)5-4-13-3-2-10-20-13/h2-5,10,12H,6-9,11H2,1H3,(H,15,17)/b5-4+. The molecule has 0 spiro atoms. The van der Waals surface area contributed by atoms with Crippen molar-refractivity contribution >= 4 is 33.3 Å². The van der Waals surface area contributed by atoms with Crippen LogP contribution in [0.4, 0.5) is 0 Å². The van der Waals surface area contributed by atoms with Gasteiger partial charge in [0.2, 0.25) is 15.9 Å². The van der Waals surface area contributed by atoms with Crippen molar-refractivity contribution in [2.75, 3.05) is 25.9 Å². The van der Waals surface area contributed by atoms with E-state index in [-0.39, 0.29) is 5.91 Å². The van der Waals surface area contributed by atoms with E-state index in [0.29, 0.717) is 25.6 Å². The molecule has 1 aromatic rings. The molecule has 1 aliphatic rings. The van der Waals surface area contributed by atoms with Crippen molar-refractivity contribution in [1.82, 2.24) is 9.62 Å². The van der Waals surface area contributed by atoms with Crippen LogP contribution in [0, 0.1) is 5.92 Å². The van der Waals surface area contributed by atoms with E-state index in [4.69, 9.17) is 0 Å². The van der Waals surface area contributed by atoms with Gasteiger partial charge in [0.15, 0.2) is 0 Å². The van der Waals surface area contributed by atoms with Crippen molar-refractivity contribution in [3.05, 3.63) is 28.5 Å². The molecule has 1 saturated heterocycles. The summed E-state index contributed by atoms with van der Waals surface area (Å²) >= 11 is 1.58. The Kier molecular flexibility index (Phi) is 5.55. The third-order valence-electron chi connectivity index (χ3n) is 3.55. The Hall–Kier alpha value is -1.18. The lowest BCUT2D eigenvalue weighted by molar-refractivity contribution is -0.116. The molecule has 1 amide bonds. The Balaban J connectivity index is 1.71. The summed E-state index contributed by atoms with van der Waals surface area (Å²) < 4.78 is 24.3. The molecule has 0 bridgehead atoms. The van der Waals surface area contributed by atoms with Gasteiger partial charge < -0.3 is 5.32 Å². The number of sulfonamides is 1. The van der Waals surface area contributed by atoms with Gasteiger partial charge in [-0.2, -0.15) is 0 Å². The fraction of sp³-hybridized carbons (Fsp3) is 0.500. The van der Waals surface area contributed by atoms with E-state index >= 15 is 0 Å². The molecule has 21 heavy (non-hydrogen) atoms. The van der Waals surface area contributed by atoms with Gasteiger partial charge in [0.05, 0.1) is 6.26 Å². The second-order valence-electron chi connectivity index (χ2n) is 5.20. The second-order valence-corrected chi connectivity index (χ2v) is 8.16. The molecule has 0 radical (unpaired) electrons. The van der Waals surface area contributed by atoms with E-state index in [1.54, 1.807) is 17.4 Å². The Morgan fingerprint density at radius 3 is 2.76 bits per heavy atom. The molecule has 0 aliphatic carbocycles. The number of piperidine rings is 1. The van der Waals surface area contributed by atoms with E-state index in [1.165, 1.54) is 16.6 Å². The number of nitrogens with one attached hydrogen (secondary N) is 1. The largest absolute Gasteiger partial charge is 0.352 e. The fourth-order valence-corrected chi connectivity index (χ4v) is 3.78. The summed E-state index contributed by atoms with van der Waals surface area (Å²) in [5.41, 5.74) is 0. The Morgan fingerprint density at radius 1 is 1.48 bits per heavy atom. The summed E-state index contributed by atoms with van der Waals surface area (Å²) in [5.74, 6) is 0.246. The number of hydrogen-bond donors (Lipinski definition) is 1. The van der Waals surface area contributed by atoms with Crippen LogP contribution in [0.15, 0.2) is 23.6 Å². The lowest BCUT2D eigenvalue weighted by Crippen LogP contribution is -2.40. The first-order chi connectivity index (χ1) is 9.95. The zero-order valence-corrected chi connectivity index (χ0v) is 13.6. The molecule has 5 nitrogen and oxygen atoms in total. The van der Waals surface area contributed by atoms with Crippen LogP contribution in [-0.2, 0) is 14.8 Å². The topological polar surface area (TPSA) is 66.5 Å². The molecule has 0 aromatic carbocycles. The SMILES string of the molecule is CS(=O)(=O)N1CCC(CNC(=O)/C=C/c2cccs2)CC1. The van der Waals surface area contributed by atoms with Crippen LogP contribution in [0.3, 0.4) is 0 Å². The van der Waals surface area contributed by atoms with Gasteiger partial charge in [-0.05, 0) is 36.3 Å². The molecule has 7 heteroatoms. The van der Waals surface area contributed by atoms with Crippen molar-refractivity contribution in [2.24, 2.45) is 5.92 Å². The third kappa shape index (κ3) is 5.26. The molecule has 1 fully saturated rings. The van der Waals surface area contributed by atoms with Crippen molar-refractivity contribution in [3.8, 4) is 0 Å². The molecule has 0 unspecified atom stereocenters. The Labute approximate surface area is 129 Å². The number of carbonyl (C=O) groups excluding carboxylic acids is 1. The highest BCUT2D eigenvalue weighted by atomic mass is 32.2. The van der Waals surface area contributed by atoms with Gasteiger partial charge >= 0.3 is 0 Å². The molecular formula is C14H20N2O3S2. The van der Waals surface area contributed by atoms with E-state index in [2.05, 4.69) is 5.32 Å². The van der Waals surface area contributed by atoms with Gasteiger partial charge in [0.1, 0.15) is 0 Å². The average Bonchev–Trinajstić information content (AvgIpc) is 2.95. The predicted molar refractivity (Wildman–Crippen MR) is 85.5 cm³/mol. The summed E-state index contributed by atoms with van der Waals surface area (Å²) in [6, 6.07) is 3.90. The van der Waals surface area contributed by atoms with Crippen LogP contribution in [0.25, 0.3) is 6.08 Å². The lowest BCUT2D eigenvalue weighted by Gasteiger charge is -2.30. The smallest absolute Gasteiger partial charge is 0.244 e. The normalized spacial score (nSPS) is 18.1. The summed E-state index contributed by atoms with van der Waals surface area (Å²) in [5, 5.41) is 4.84. The Bertz CT molecular complexity index is 586. The van der Waals surface area contributed by atoms with Crippen LogP contribution in [-0.4, -0.2) is 44.5 Å². The zero-order valence-electron chi connectivity index (χ0n) is 12.0. The fourth-order valence-electron chi connectivity index (χ4n) is 2.29. The maximum absolute atomic E-state index is 11.7. The molecule has 2 rings (SSSR count). The molecule has 0 saturated carbocycles. The van der Waals surface area contributed by atoms with Gasteiger partial charge in [-0.3, -0.25) is 4.79 Å². The van der Waals surface area contributed by atoms with Gasteiger partial charge in [-0.25, -0.2) is 12.7 Å². The molecular weight excluding hydrogens is 308 g/mol. The highest BCUT2D eigenvalue weighted by molar-refractivity contribution is 7.88. The minimum atomic E-state index is -3.08. The first-order valence-electron chi connectivity index (χ1n) is 6.89. The summed E-state index contributed by atoms with van der Waals surface area (Å²) in [4.78, 5) is 12.8. The number of hydrogen-bond acceptors (Lipinski definition) is 4. The maximum Gasteiger partial charge on any atom is 0.244 e. The van der Waals surface area contributed by atoms with Gasteiger partial charge in [-0.15, -0.1) is 11.3 Å².